The van der Waals surface area contributed by atoms with E-state index in [4.69, 9.17) is 7.16 Å². The molecule has 0 N–H and O–H groups in total. The first-order chi connectivity index (χ1) is 21.6. The molecule has 7 aromatic rings. The summed E-state index contributed by atoms with van der Waals surface area (Å²) in [7, 11) is -1.30. The number of hydrogen-bond donors (Lipinski definition) is 0. The topological polar surface area (TPSA) is 38.9 Å². The summed E-state index contributed by atoms with van der Waals surface area (Å²) in [6.07, 6.45) is 2.08. The molecule has 3 heterocycles. The van der Waals surface area contributed by atoms with Crippen molar-refractivity contribution >= 4 is 35.2 Å². The molecule has 3 aromatic heterocycles. The third-order valence-electron chi connectivity index (χ3n) is 7.09. The van der Waals surface area contributed by atoms with E-state index in [1.54, 1.807) is 18.3 Å². The average Bonchev–Trinajstić information content (AvgIpc) is 3.44. The van der Waals surface area contributed by atoms with Gasteiger partial charge in [0.1, 0.15) is 5.58 Å². The fourth-order valence-corrected chi connectivity index (χ4v) is 5.81. The van der Waals surface area contributed by atoms with Gasteiger partial charge in [-0.25, -0.2) is 0 Å². The summed E-state index contributed by atoms with van der Waals surface area (Å²) < 4.78 is 36.2. The van der Waals surface area contributed by atoms with Crippen molar-refractivity contribution in [1.82, 2.24) is 9.97 Å². The SMILES string of the molecule is C[Si](C)(C)c1ccc(-c2[c-]cc(F)cc2)nc1.[2H]C([2H])(c1ccccc1)c1ccc2oc3c(-c4ccccn4)[c-]ccc3c2c1.[Ir]. The van der Waals surface area contributed by atoms with Crippen LogP contribution in [0.15, 0.2) is 126 Å². The molecule has 0 spiro atoms. The van der Waals surface area contributed by atoms with Crippen LogP contribution in [0.25, 0.3) is 44.5 Å². The summed E-state index contributed by atoms with van der Waals surface area (Å²) in [6.45, 7) is 6.86. The molecule has 0 saturated heterocycles. The molecule has 6 heteroatoms. The van der Waals surface area contributed by atoms with E-state index in [9.17, 15) is 4.39 Å². The summed E-state index contributed by atoms with van der Waals surface area (Å²) in [5, 5.41) is 3.14. The zero-order chi connectivity index (χ0) is 31.6. The molecule has 0 bridgehead atoms. The van der Waals surface area contributed by atoms with Gasteiger partial charge in [0, 0.05) is 46.4 Å². The van der Waals surface area contributed by atoms with Crippen molar-refractivity contribution in [3.8, 4) is 22.5 Å². The third-order valence-corrected chi connectivity index (χ3v) is 9.12. The van der Waals surface area contributed by atoms with Crippen LogP contribution in [0.2, 0.25) is 19.6 Å². The zero-order valence-electron chi connectivity index (χ0n) is 26.6. The monoisotopic (exact) mass is 773 g/mol. The van der Waals surface area contributed by atoms with Crippen LogP contribution in [-0.2, 0) is 26.5 Å². The summed E-state index contributed by atoms with van der Waals surface area (Å²) in [4.78, 5) is 8.84. The van der Waals surface area contributed by atoms with E-state index in [0.29, 0.717) is 16.7 Å². The van der Waals surface area contributed by atoms with Crippen LogP contribution < -0.4 is 5.19 Å². The molecule has 0 unspecified atom stereocenters. The third kappa shape index (κ3) is 7.11. The van der Waals surface area contributed by atoms with Crippen molar-refractivity contribution < 1.29 is 31.7 Å². The Kier molecular flexibility index (Phi) is 8.82. The van der Waals surface area contributed by atoms with Crippen LogP contribution in [0.3, 0.4) is 0 Å². The summed E-state index contributed by atoms with van der Waals surface area (Å²) in [5.41, 5.74) is 5.94. The number of rotatable bonds is 5. The van der Waals surface area contributed by atoms with Gasteiger partial charge >= 0.3 is 0 Å². The minimum atomic E-state index is -1.59. The maximum absolute atomic E-state index is 12.8. The fourth-order valence-electron chi connectivity index (χ4n) is 4.77. The van der Waals surface area contributed by atoms with E-state index in [0.717, 1.165) is 38.9 Å². The van der Waals surface area contributed by atoms with Crippen LogP contribution >= 0.6 is 0 Å². The molecule has 7 rings (SSSR count). The van der Waals surface area contributed by atoms with Gasteiger partial charge in [0.2, 0.25) is 0 Å². The number of pyridine rings is 2. The molecule has 0 amide bonds. The number of hydrogen-bond acceptors (Lipinski definition) is 3. The van der Waals surface area contributed by atoms with Crippen molar-refractivity contribution in [2.24, 2.45) is 0 Å². The van der Waals surface area contributed by atoms with Crippen LogP contribution in [0.4, 0.5) is 4.39 Å². The smallest absolute Gasteiger partial charge is 0.120 e. The van der Waals surface area contributed by atoms with E-state index >= 15 is 0 Å². The molecule has 0 aliphatic carbocycles. The second-order valence-corrected chi connectivity index (χ2v) is 16.3. The van der Waals surface area contributed by atoms with Gasteiger partial charge in [0.15, 0.2) is 0 Å². The standard InChI is InChI=1S/C24H16NO.C14H15FNSi.Ir/c1-2-7-17(8-3-1)15-18-12-13-23-21(16-18)19-9-6-10-20(24(19)26-23)22-11-4-5-14-25-22;1-17(2,3)13-8-9-14(16-10-13)11-4-6-12(15)7-5-11;/h1-9,11-14,16H,15H2;4,6-10H,1-3H3;/q2*-1;/i15D2;;. The Hall–Kier alpha value is -4.22. The normalized spacial score (nSPS) is 12.1. The van der Waals surface area contributed by atoms with E-state index in [-0.39, 0.29) is 25.9 Å². The Bertz CT molecular complexity index is 2060. The summed E-state index contributed by atoms with van der Waals surface area (Å²) >= 11 is 0. The number of nitrogens with zero attached hydrogens (tertiary/aromatic N) is 2. The van der Waals surface area contributed by atoms with Crippen molar-refractivity contribution in [3.63, 3.8) is 0 Å². The Morgan fingerprint density at radius 2 is 1.61 bits per heavy atom. The Morgan fingerprint density at radius 3 is 2.30 bits per heavy atom. The van der Waals surface area contributed by atoms with Crippen molar-refractivity contribution in [3.05, 3.63) is 151 Å². The van der Waals surface area contributed by atoms with Crippen LogP contribution in [0.1, 0.15) is 13.9 Å². The van der Waals surface area contributed by atoms with Gasteiger partial charge in [-0.2, -0.15) is 0 Å². The molecule has 0 fully saturated rings. The second-order valence-electron chi connectivity index (χ2n) is 11.2. The number of benzene rings is 4. The van der Waals surface area contributed by atoms with Gasteiger partial charge in [-0.05, 0) is 52.3 Å². The van der Waals surface area contributed by atoms with Gasteiger partial charge in [0.25, 0.3) is 0 Å². The second kappa shape index (κ2) is 13.6. The van der Waals surface area contributed by atoms with Gasteiger partial charge < -0.3 is 14.4 Å². The Balaban J connectivity index is 0.000000200. The number of fused-ring (bicyclic) bond motifs is 3. The largest absolute Gasteiger partial charge is 0.501 e. The first-order valence-corrected chi connectivity index (χ1v) is 17.6. The number of furan rings is 1. The van der Waals surface area contributed by atoms with E-state index in [2.05, 4.69) is 47.8 Å². The fraction of sp³-hybridized carbons (Fsp3) is 0.105. The molecule has 3 nitrogen and oxygen atoms in total. The molecule has 0 aliphatic rings. The van der Waals surface area contributed by atoms with Crippen molar-refractivity contribution in [1.29, 1.82) is 0 Å². The maximum Gasteiger partial charge on any atom is 0.120 e. The molecule has 1 radical (unpaired) electrons. The minimum absolute atomic E-state index is 0. The molecular weight excluding hydrogens is 740 g/mol. The van der Waals surface area contributed by atoms with Crippen molar-refractivity contribution in [2.75, 3.05) is 0 Å². The quantitative estimate of drug-likeness (QED) is 0.129. The van der Waals surface area contributed by atoms with Gasteiger partial charge in [-0.15, -0.1) is 48.0 Å². The van der Waals surface area contributed by atoms with E-state index in [1.165, 1.54) is 17.3 Å². The predicted octanol–water partition coefficient (Wildman–Crippen LogP) is 9.27. The summed E-state index contributed by atoms with van der Waals surface area (Å²) in [6, 6.07) is 39.0. The van der Waals surface area contributed by atoms with Crippen LogP contribution in [0, 0.1) is 17.9 Å². The van der Waals surface area contributed by atoms with Gasteiger partial charge in [-0.1, -0.05) is 91.3 Å². The Morgan fingerprint density at radius 1 is 0.795 bits per heavy atom. The molecule has 0 aliphatic heterocycles. The number of aromatic nitrogens is 2. The maximum atomic E-state index is 12.8. The van der Waals surface area contributed by atoms with Crippen LogP contribution in [-0.4, -0.2) is 18.0 Å². The predicted molar refractivity (Wildman–Crippen MR) is 176 cm³/mol. The first kappa shape index (κ1) is 28.5. The molecule has 4 aromatic carbocycles. The minimum Gasteiger partial charge on any atom is -0.501 e. The molecule has 0 saturated carbocycles. The van der Waals surface area contributed by atoms with Crippen LogP contribution in [0.5, 0.6) is 0 Å². The molecular formula is C38H31FIrN2OSi-2. The molecule has 44 heavy (non-hydrogen) atoms. The van der Waals surface area contributed by atoms with Gasteiger partial charge in [-0.3, -0.25) is 4.39 Å². The number of halogens is 1. The molecule has 221 valence electrons. The van der Waals surface area contributed by atoms with E-state index in [1.807, 2.05) is 85.1 Å². The zero-order valence-corrected chi connectivity index (χ0v) is 28.0. The average molecular weight is 773 g/mol. The van der Waals surface area contributed by atoms with E-state index < -0.39 is 14.4 Å². The van der Waals surface area contributed by atoms with Gasteiger partial charge in [0.05, 0.1) is 13.7 Å². The molecule has 0 atom stereocenters. The first-order valence-electron chi connectivity index (χ1n) is 15.1. The summed E-state index contributed by atoms with van der Waals surface area (Å²) in [5.74, 6) is -0.271. The van der Waals surface area contributed by atoms with Crippen molar-refractivity contribution in [2.45, 2.75) is 26.0 Å². The Labute approximate surface area is 275 Å².